The van der Waals surface area contributed by atoms with Crippen molar-refractivity contribution in [3.63, 3.8) is 0 Å². The van der Waals surface area contributed by atoms with Gasteiger partial charge in [-0.3, -0.25) is 0 Å². The van der Waals surface area contributed by atoms with Crippen molar-refractivity contribution in [3.8, 4) is 0 Å². The first-order valence-electron chi connectivity index (χ1n) is 17.5. The molecule has 1 saturated heterocycles. The van der Waals surface area contributed by atoms with Crippen LogP contribution >= 0.6 is 0 Å². The van der Waals surface area contributed by atoms with Crippen molar-refractivity contribution in [3.05, 3.63) is 82.2 Å². The van der Waals surface area contributed by atoms with Crippen LogP contribution in [0.3, 0.4) is 0 Å². The molecule has 2 aliphatic rings. The van der Waals surface area contributed by atoms with Crippen LogP contribution in [0.2, 0.25) is 0 Å². The number of para-hydroxylation sites is 1. The van der Waals surface area contributed by atoms with Crippen LogP contribution < -0.4 is 40.9 Å². The predicted molar refractivity (Wildman–Crippen MR) is 190 cm³/mol. The van der Waals surface area contributed by atoms with E-state index in [1.165, 1.54) is 10.6 Å². The number of nitrogens with one attached hydrogen (secondary N) is 2. The van der Waals surface area contributed by atoms with Gasteiger partial charge in [-0.15, -0.1) is 0 Å². The van der Waals surface area contributed by atoms with Crippen LogP contribution in [0.5, 0.6) is 0 Å². The Hall–Kier alpha value is -4.78. The van der Waals surface area contributed by atoms with Crippen molar-refractivity contribution in [2.75, 3.05) is 15.5 Å². The second-order valence-corrected chi connectivity index (χ2v) is 18.1. The average molecular weight is 860 g/mol. The number of nitrogens with zero attached hydrogens (tertiary/aromatic N) is 6. The molecule has 3 aromatic heterocycles. The molecule has 1 unspecified atom stereocenters. The Balaban J connectivity index is 1.06. The van der Waals surface area contributed by atoms with Crippen molar-refractivity contribution in [2.45, 2.75) is 80.2 Å². The Bertz CT molecular complexity index is 2350. The average Bonchev–Trinajstić information content (AvgIpc) is 3.65. The van der Waals surface area contributed by atoms with Gasteiger partial charge in [0, 0.05) is 0 Å². The first-order valence-corrected chi connectivity index (χ1v) is 19.7. The number of anilines is 2. The van der Waals surface area contributed by atoms with E-state index < -0.39 is 62.5 Å². The summed E-state index contributed by atoms with van der Waals surface area (Å²) in [5.74, 6) is -1.64. The van der Waals surface area contributed by atoms with Gasteiger partial charge in [0.1, 0.15) is 5.69 Å². The van der Waals surface area contributed by atoms with E-state index in [9.17, 15) is 37.5 Å². The summed E-state index contributed by atoms with van der Waals surface area (Å²) in [6, 6.07) is 11.6. The number of fused-ring (bicyclic) bond motifs is 2. The first kappa shape index (κ1) is 37.5. The Labute approximate surface area is 318 Å². The molecule has 1 aliphatic carbocycles. The minimum absolute atomic E-state index is 0.118. The van der Waals surface area contributed by atoms with E-state index in [0.717, 1.165) is 49.0 Å². The molecule has 3 amide bonds. The summed E-state index contributed by atoms with van der Waals surface area (Å²) < 4.78 is 47.4. The zero-order valence-electron chi connectivity index (χ0n) is 29.9. The van der Waals surface area contributed by atoms with Crippen LogP contribution in [0.25, 0.3) is 21.9 Å². The van der Waals surface area contributed by atoms with Crippen molar-refractivity contribution < 1.29 is 54.1 Å². The number of aromatic nitrogens is 5. The number of amides is 3. The number of pyridine rings is 1. The zero-order chi connectivity index (χ0) is 38.7. The Kier molecular flexibility index (Phi) is 9.82. The van der Waals surface area contributed by atoms with Crippen molar-refractivity contribution in [2.24, 2.45) is 7.05 Å². The summed E-state index contributed by atoms with van der Waals surface area (Å²) in [6.45, 7) is 3.11. The standard InChI is InChI=1S/C37H39F3IN8O5/c1-36(2,54)23-18-25-20(17-26(23)43-33(51)24-7-5-10-30(42-24)37(38,39)40)19-48(45-25)22-13-11-21(12-14-22)41-47(4)27-8-6-9-28-32(27)46(3)35(53)49(28)29-15-16-31(50)44-34(29)52/h5-10,17-19,21-22,29,54H,11-16H2,1-4H3,(H,43,51)(H,44,50,52)/q-1. The van der Waals surface area contributed by atoms with Gasteiger partial charge < -0.3 is 0 Å². The molecule has 0 spiro atoms. The van der Waals surface area contributed by atoms with Crippen LogP contribution in [-0.4, -0.2) is 57.7 Å². The van der Waals surface area contributed by atoms with Crippen molar-refractivity contribution >= 4 is 51.0 Å². The number of halogens is 4. The van der Waals surface area contributed by atoms with E-state index in [4.69, 9.17) is 5.10 Å². The molecule has 7 rings (SSSR count). The van der Waals surface area contributed by atoms with Gasteiger partial charge in [0.15, 0.2) is 0 Å². The molecule has 0 bridgehead atoms. The number of aryl methyl sites for hydroxylation is 1. The number of imide groups is 1. The van der Waals surface area contributed by atoms with Crippen LogP contribution in [0.1, 0.15) is 86.2 Å². The number of aliphatic hydroxyl groups is 1. The fourth-order valence-corrected chi connectivity index (χ4v) is 10.5. The van der Waals surface area contributed by atoms with Crippen molar-refractivity contribution in [1.29, 1.82) is 0 Å². The molecule has 17 heteroatoms. The Morgan fingerprint density at radius 1 is 1.04 bits per heavy atom. The molecule has 3 N–H and O–H groups in total. The van der Waals surface area contributed by atoms with E-state index in [1.807, 2.05) is 36.1 Å². The third-order valence-corrected chi connectivity index (χ3v) is 13.4. The number of carbonyl (C=O) groups excluding carboxylic acids is 3. The van der Waals surface area contributed by atoms with E-state index in [-0.39, 0.29) is 36.2 Å². The molecule has 0 radical (unpaired) electrons. The predicted octanol–water partition coefficient (Wildman–Crippen LogP) is 2.19. The number of piperidine rings is 1. The molecule has 286 valence electrons. The number of carbonyl (C=O) groups is 3. The summed E-state index contributed by atoms with van der Waals surface area (Å²) in [6.07, 6.45) is 1.31. The minimum atomic E-state index is -4.71. The van der Waals surface area contributed by atoms with E-state index in [0.29, 0.717) is 25.9 Å². The normalized spacial score (nSPS) is 19.7. The number of hydrogen-bond acceptors (Lipinski definition) is 8. The van der Waals surface area contributed by atoms with E-state index in [1.54, 1.807) is 37.6 Å². The molecule has 1 aliphatic heterocycles. The molecule has 1 saturated carbocycles. The van der Waals surface area contributed by atoms with Gasteiger partial charge >= 0.3 is 277 Å². The van der Waals surface area contributed by atoms with Gasteiger partial charge in [0.25, 0.3) is 0 Å². The molecule has 5 aromatic rings. The maximum atomic E-state index is 13.4. The zero-order valence-corrected chi connectivity index (χ0v) is 32.1. The van der Waals surface area contributed by atoms with Gasteiger partial charge in [-0.2, -0.15) is 13.2 Å². The molecular formula is C37H39F3IN8O5-. The summed E-state index contributed by atoms with van der Waals surface area (Å²) in [7, 11) is 3.75. The molecule has 13 nitrogen and oxygen atoms in total. The summed E-state index contributed by atoms with van der Waals surface area (Å²) in [4.78, 5) is 54.4. The number of imidazole rings is 1. The summed E-state index contributed by atoms with van der Waals surface area (Å²) >= 11 is -0.506. The van der Waals surface area contributed by atoms with Crippen LogP contribution in [-0.2, 0) is 28.4 Å². The molecule has 2 fully saturated rings. The van der Waals surface area contributed by atoms with Gasteiger partial charge in [0.2, 0.25) is 0 Å². The SMILES string of the molecule is CN([I-]C1CCC(n2cc3cc(NC(=O)c4cccc(C(F)(F)F)n4)c(C(C)(C)O)cc3n2)CC1)c1cccc2c1n(C)c(=O)n2C1CCC(=O)NC1=O. The van der Waals surface area contributed by atoms with Crippen LogP contribution in [0.4, 0.5) is 24.5 Å². The van der Waals surface area contributed by atoms with Gasteiger partial charge in [-0.1, -0.05) is 6.07 Å². The second-order valence-electron chi connectivity index (χ2n) is 14.3. The van der Waals surface area contributed by atoms with E-state index in [2.05, 4.69) is 18.7 Å². The Morgan fingerprint density at radius 2 is 1.76 bits per heavy atom. The van der Waals surface area contributed by atoms with Gasteiger partial charge in [-0.25, -0.2) is 4.98 Å². The quantitative estimate of drug-likeness (QED) is 0.0929. The summed E-state index contributed by atoms with van der Waals surface area (Å²) in [5, 5.41) is 21.5. The number of rotatable bonds is 8. The number of benzene rings is 2. The van der Waals surface area contributed by atoms with Gasteiger partial charge in [0.05, 0.1) is 0 Å². The topological polar surface area (TPSA) is 156 Å². The molecular weight excluding hydrogens is 820 g/mol. The summed E-state index contributed by atoms with van der Waals surface area (Å²) in [5.41, 5.74) is 0.249. The third-order valence-electron chi connectivity index (χ3n) is 10.1. The van der Waals surface area contributed by atoms with Crippen LogP contribution in [0.15, 0.2) is 59.5 Å². The second kappa shape index (κ2) is 14.1. The fraction of sp³-hybridized carbons (Fsp3) is 0.405. The van der Waals surface area contributed by atoms with Gasteiger partial charge in [-0.05, 0) is 12.1 Å². The maximum absolute atomic E-state index is 13.4. The molecule has 4 heterocycles. The number of hydrogen-bond donors (Lipinski definition) is 3. The number of alkyl halides is 4. The molecule has 54 heavy (non-hydrogen) atoms. The monoisotopic (exact) mass is 859 g/mol. The van der Waals surface area contributed by atoms with E-state index >= 15 is 0 Å². The third kappa shape index (κ3) is 7.22. The first-order chi connectivity index (χ1) is 25.5. The fourth-order valence-electron chi connectivity index (χ4n) is 7.35. The Morgan fingerprint density at radius 3 is 2.44 bits per heavy atom. The molecule has 2 aromatic carbocycles. The molecule has 1 atom stereocenters. The van der Waals surface area contributed by atoms with Crippen LogP contribution in [0, 0.1) is 0 Å². The van der Waals surface area contributed by atoms with Crippen molar-refractivity contribution in [1.82, 2.24) is 29.2 Å².